The molecule has 1 aromatic carbocycles. The Labute approximate surface area is 126 Å². The molecule has 1 atom stereocenters. The molecule has 0 saturated carbocycles. The summed E-state index contributed by atoms with van der Waals surface area (Å²) in [6.07, 6.45) is 2.99. The van der Waals surface area contributed by atoms with Crippen LogP contribution < -0.4 is 5.32 Å². The minimum absolute atomic E-state index is 0.135. The van der Waals surface area contributed by atoms with Crippen LogP contribution in [0.15, 0.2) is 22.7 Å². The summed E-state index contributed by atoms with van der Waals surface area (Å²) in [6, 6.07) is 4.89. The third-order valence-electron chi connectivity index (χ3n) is 3.56. The van der Waals surface area contributed by atoms with E-state index in [1.54, 1.807) is 12.1 Å². The van der Waals surface area contributed by atoms with Crippen molar-refractivity contribution in [1.82, 2.24) is 4.90 Å². The van der Waals surface area contributed by atoms with Crippen LogP contribution in [-0.4, -0.2) is 34.6 Å². The van der Waals surface area contributed by atoms with Crippen molar-refractivity contribution in [3.8, 4) is 0 Å². The number of rotatable bonds is 3. The summed E-state index contributed by atoms with van der Waals surface area (Å²) in [5.41, 5.74) is 0.633. The second kappa shape index (κ2) is 6.26. The molecular formula is C14H17BrN2O3. The number of carboxylic acids is 1. The number of carboxylic acid groups (broad SMARTS) is 1. The Kier molecular flexibility index (Phi) is 4.65. The first-order valence-electron chi connectivity index (χ1n) is 6.63. The molecule has 5 nitrogen and oxygen atoms in total. The molecular weight excluding hydrogens is 324 g/mol. The van der Waals surface area contributed by atoms with Gasteiger partial charge in [0.15, 0.2) is 0 Å². The fourth-order valence-corrected chi connectivity index (χ4v) is 2.91. The predicted octanol–water partition coefficient (Wildman–Crippen LogP) is 3.55. The lowest BCUT2D eigenvalue weighted by Gasteiger charge is -2.24. The highest BCUT2D eigenvalue weighted by molar-refractivity contribution is 9.10. The summed E-state index contributed by atoms with van der Waals surface area (Å²) in [6.45, 7) is 2.82. The number of nitrogens with zero attached hydrogens (tertiary/aromatic N) is 1. The van der Waals surface area contributed by atoms with Gasteiger partial charge in [-0.2, -0.15) is 0 Å². The second-order valence-corrected chi connectivity index (χ2v) is 5.68. The van der Waals surface area contributed by atoms with Crippen molar-refractivity contribution in [2.24, 2.45) is 0 Å². The highest BCUT2D eigenvalue weighted by atomic mass is 79.9. The van der Waals surface area contributed by atoms with Gasteiger partial charge in [0.05, 0.1) is 5.56 Å². The summed E-state index contributed by atoms with van der Waals surface area (Å²) in [7, 11) is 0. The van der Waals surface area contributed by atoms with Crippen LogP contribution in [0.4, 0.5) is 10.5 Å². The zero-order valence-corrected chi connectivity index (χ0v) is 12.8. The van der Waals surface area contributed by atoms with Crippen LogP contribution >= 0.6 is 15.9 Å². The van der Waals surface area contributed by atoms with Crippen molar-refractivity contribution in [2.75, 3.05) is 11.9 Å². The number of amides is 2. The van der Waals surface area contributed by atoms with Crippen molar-refractivity contribution in [2.45, 2.75) is 32.2 Å². The van der Waals surface area contributed by atoms with Gasteiger partial charge in [-0.1, -0.05) is 6.92 Å². The van der Waals surface area contributed by atoms with Crippen LogP contribution in [0.2, 0.25) is 0 Å². The van der Waals surface area contributed by atoms with Gasteiger partial charge in [0.1, 0.15) is 0 Å². The molecule has 0 radical (unpaired) electrons. The third-order valence-corrected chi connectivity index (χ3v) is 4.25. The van der Waals surface area contributed by atoms with E-state index in [1.165, 1.54) is 6.07 Å². The molecule has 1 fully saturated rings. The van der Waals surface area contributed by atoms with Gasteiger partial charge in [-0.05, 0) is 53.4 Å². The van der Waals surface area contributed by atoms with Gasteiger partial charge < -0.3 is 15.3 Å². The molecule has 6 heteroatoms. The van der Waals surface area contributed by atoms with Crippen molar-refractivity contribution in [3.63, 3.8) is 0 Å². The van der Waals surface area contributed by atoms with Gasteiger partial charge in [0, 0.05) is 22.7 Å². The molecule has 108 valence electrons. The largest absolute Gasteiger partial charge is 0.478 e. The quantitative estimate of drug-likeness (QED) is 0.883. The third kappa shape index (κ3) is 3.12. The number of carbonyl (C=O) groups excluding carboxylic acids is 1. The fraction of sp³-hybridized carbons (Fsp3) is 0.429. The first kappa shape index (κ1) is 14.8. The number of halogens is 1. The maximum absolute atomic E-state index is 12.2. The minimum Gasteiger partial charge on any atom is -0.478 e. The molecule has 2 rings (SSSR count). The topological polar surface area (TPSA) is 69.6 Å². The summed E-state index contributed by atoms with van der Waals surface area (Å²) < 4.78 is 0.496. The number of hydrogen-bond donors (Lipinski definition) is 2. The molecule has 1 aliphatic rings. The molecule has 0 bridgehead atoms. The van der Waals surface area contributed by atoms with Crippen LogP contribution in [0.3, 0.4) is 0 Å². The molecule has 1 unspecified atom stereocenters. The zero-order valence-electron chi connectivity index (χ0n) is 11.2. The molecule has 0 aliphatic carbocycles. The number of nitrogens with one attached hydrogen (secondary N) is 1. The van der Waals surface area contributed by atoms with Crippen molar-refractivity contribution in [1.29, 1.82) is 0 Å². The molecule has 1 aromatic rings. The standard InChI is InChI=1S/C14H17BrN2O3/c1-2-10-4-3-7-17(10)14(20)16-9-5-6-12(15)11(8-9)13(18)19/h5-6,8,10H,2-4,7H2,1H3,(H,16,20)(H,18,19). The number of anilines is 1. The molecule has 1 aliphatic heterocycles. The predicted molar refractivity (Wildman–Crippen MR) is 80.1 cm³/mol. The number of carbonyl (C=O) groups is 2. The lowest BCUT2D eigenvalue weighted by Crippen LogP contribution is -2.38. The van der Waals surface area contributed by atoms with Gasteiger partial charge >= 0.3 is 12.0 Å². The maximum Gasteiger partial charge on any atom is 0.336 e. The van der Waals surface area contributed by atoms with E-state index < -0.39 is 5.97 Å². The molecule has 1 saturated heterocycles. The normalized spacial score (nSPS) is 18.1. The van der Waals surface area contributed by atoms with Crippen LogP contribution in [0.5, 0.6) is 0 Å². The SMILES string of the molecule is CCC1CCCN1C(=O)Nc1ccc(Br)c(C(=O)O)c1. The minimum atomic E-state index is -1.03. The molecule has 20 heavy (non-hydrogen) atoms. The van der Waals surface area contributed by atoms with E-state index in [2.05, 4.69) is 28.2 Å². The number of benzene rings is 1. The van der Waals surface area contributed by atoms with Crippen molar-refractivity contribution in [3.05, 3.63) is 28.2 Å². The Hall–Kier alpha value is -1.56. The monoisotopic (exact) mass is 340 g/mol. The molecule has 0 spiro atoms. The Morgan fingerprint density at radius 3 is 2.90 bits per heavy atom. The van der Waals surface area contributed by atoms with E-state index in [1.807, 2.05) is 4.90 Å². The average molecular weight is 341 g/mol. The lowest BCUT2D eigenvalue weighted by atomic mass is 10.2. The summed E-state index contributed by atoms with van der Waals surface area (Å²) in [5.74, 6) is -1.03. The number of likely N-dealkylation sites (tertiary alicyclic amines) is 1. The Morgan fingerprint density at radius 1 is 1.50 bits per heavy atom. The van der Waals surface area contributed by atoms with Crippen molar-refractivity contribution >= 4 is 33.6 Å². The number of aromatic carboxylic acids is 1. The first-order valence-corrected chi connectivity index (χ1v) is 7.42. The molecule has 2 N–H and O–H groups in total. The van der Waals surface area contributed by atoms with Gasteiger partial charge in [0.2, 0.25) is 0 Å². The van der Waals surface area contributed by atoms with Crippen LogP contribution in [0, 0.1) is 0 Å². The Bertz CT molecular complexity index is 533. The van der Waals surface area contributed by atoms with E-state index in [4.69, 9.17) is 5.11 Å². The average Bonchev–Trinajstić information content (AvgIpc) is 2.89. The highest BCUT2D eigenvalue weighted by Crippen LogP contribution is 2.24. The molecule has 2 amide bonds. The fourth-order valence-electron chi connectivity index (χ4n) is 2.49. The van der Waals surface area contributed by atoms with Gasteiger partial charge in [-0.15, -0.1) is 0 Å². The van der Waals surface area contributed by atoms with Gasteiger partial charge in [-0.25, -0.2) is 9.59 Å². The summed E-state index contributed by atoms with van der Waals surface area (Å²) in [4.78, 5) is 25.1. The van der Waals surface area contributed by atoms with E-state index >= 15 is 0 Å². The highest BCUT2D eigenvalue weighted by Gasteiger charge is 2.27. The van der Waals surface area contributed by atoms with E-state index in [0.29, 0.717) is 10.2 Å². The van der Waals surface area contributed by atoms with E-state index in [-0.39, 0.29) is 17.6 Å². The van der Waals surface area contributed by atoms with E-state index in [9.17, 15) is 9.59 Å². The maximum atomic E-state index is 12.2. The van der Waals surface area contributed by atoms with Gasteiger partial charge in [0.25, 0.3) is 0 Å². The zero-order chi connectivity index (χ0) is 14.7. The summed E-state index contributed by atoms with van der Waals surface area (Å²) >= 11 is 3.18. The first-order chi connectivity index (χ1) is 9.52. The van der Waals surface area contributed by atoms with Crippen LogP contribution in [0.25, 0.3) is 0 Å². The van der Waals surface area contributed by atoms with Crippen LogP contribution in [-0.2, 0) is 0 Å². The smallest absolute Gasteiger partial charge is 0.336 e. The Morgan fingerprint density at radius 2 is 2.25 bits per heavy atom. The molecule has 1 heterocycles. The number of urea groups is 1. The second-order valence-electron chi connectivity index (χ2n) is 4.83. The Balaban J connectivity index is 2.12. The molecule has 0 aromatic heterocycles. The number of hydrogen-bond acceptors (Lipinski definition) is 2. The van der Waals surface area contributed by atoms with Crippen molar-refractivity contribution < 1.29 is 14.7 Å². The van der Waals surface area contributed by atoms with E-state index in [0.717, 1.165) is 25.8 Å². The van der Waals surface area contributed by atoms with Gasteiger partial charge in [-0.3, -0.25) is 0 Å². The lowest BCUT2D eigenvalue weighted by molar-refractivity contribution is 0.0696. The summed E-state index contributed by atoms with van der Waals surface area (Å²) in [5, 5.41) is 11.8. The van der Waals surface area contributed by atoms with Crippen LogP contribution in [0.1, 0.15) is 36.5 Å².